The van der Waals surface area contributed by atoms with Crippen LogP contribution < -0.4 is 0 Å². The van der Waals surface area contributed by atoms with E-state index in [9.17, 15) is 9.59 Å². The molecule has 1 unspecified atom stereocenters. The number of carbonyl (C=O) groups excluding carboxylic acids is 2. The zero-order valence-corrected chi connectivity index (χ0v) is 19.8. The monoisotopic (exact) mass is 440 g/mol. The minimum atomic E-state index is -0.436. The molecule has 0 saturated heterocycles. The molecule has 0 spiro atoms. The Bertz CT molecular complexity index is 868. The maximum atomic E-state index is 11.8. The van der Waals surface area contributed by atoms with Crippen LogP contribution in [0.4, 0.5) is 0 Å². The molecule has 2 heterocycles. The second-order valence-electron chi connectivity index (χ2n) is 8.59. The molecule has 0 fully saturated rings. The standard InChI is InChI=1S/C27H36O5/c1-20(8-5-9-21(2)11-7-13-24-14-15-30-18-24)10-6-12-22(3)16-26-17-25(27(29)32-26)19-31-23(4)28/h8,11,14-18,22H,5-7,9-10,12-13,19H2,1-4H3/b20-8+,21-11+,26-16-. The number of rotatable bonds is 13. The van der Waals surface area contributed by atoms with Crippen LogP contribution >= 0.6 is 0 Å². The first kappa shape index (κ1) is 25.4. The molecule has 1 aliphatic heterocycles. The molecule has 0 radical (unpaired) electrons. The molecular weight excluding hydrogens is 404 g/mol. The molecule has 1 aliphatic rings. The second kappa shape index (κ2) is 13.6. The third-order valence-electron chi connectivity index (χ3n) is 5.44. The smallest absolute Gasteiger partial charge is 0.343 e. The van der Waals surface area contributed by atoms with Crippen LogP contribution in [0, 0.1) is 5.92 Å². The largest absolute Gasteiger partial charge is 0.472 e. The Kier molecular flexibility index (Phi) is 10.8. The Hall–Kier alpha value is -2.82. The normalized spacial score (nSPS) is 16.8. The van der Waals surface area contributed by atoms with Crippen molar-refractivity contribution in [2.75, 3.05) is 6.61 Å². The average Bonchev–Trinajstić information content (AvgIpc) is 3.36. The van der Waals surface area contributed by atoms with E-state index in [2.05, 4.69) is 32.9 Å². The van der Waals surface area contributed by atoms with E-state index in [-0.39, 0.29) is 6.61 Å². The van der Waals surface area contributed by atoms with E-state index < -0.39 is 11.9 Å². The van der Waals surface area contributed by atoms with Gasteiger partial charge in [-0.05, 0) is 88.5 Å². The predicted octanol–water partition coefficient (Wildman–Crippen LogP) is 6.62. The molecule has 1 aromatic heterocycles. The van der Waals surface area contributed by atoms with E-state index >= 15 is 0 Å². The van der Waals surface area contributed by atoms with Crippen molar-refractivity contribution >= 4 is 11.9 Å². The minimum absolute atomic E-state index is 0.0388. The van der Waals surface area contributed by atoms with Gasteiger partial charge in [0.2, 0.25) is 0 Å². The maximum absolute atomic E-state index is 11.8. The molecule has 2 rings (SSSR count). The molecular formula is C27H36O5. The maximum Gasteiger partial charge on any atom is 0.343 e. The Labute approximate surface area is 191 Å². The van der Waals surface area contributed by atoms with Gasteiger partial charge in [0.05, 0.1) is 18.1 Å². The number of aryl methyl sites for hydroxylation is 1. The van der Waals surface area contributed by atoms with E-state index in [0.29, 0.717) is 17.3 Å². The number of cyclic esters (lactones) is 1. The second-order valence-corrected chi connectivity index (χ2v) is 8.59. The quantitative estimate of drug-likeness (QED) is 0.255. The third-order valence-corrected chi connectivity index (χ3v) is 5.44. The lowest BCUT2D eigenvalue weighted by Crippen LogP contribution is -2.08. The van der Waals surface area contributed by atoms with E-state index in [1.54, 1.807) is 12.3 Å². The summed E-state index contributed by atoms with van der Waals surface area (Å²) in [6, 6.07) is 2.02. The van der Waals surface area contributed by atoms with Gasteiger partial charge in [0.25, 0.3) is 0 Å². The van der Waals surface area contributed by atoms with E-state index in [1.807, 2.05) is 18.4 Å². The van der Waals surface area contributed by atoms with Crippen molar-refractivity contribution in [1.82, 2.24) is 0 Å². The molecule has 0 aliphatic carbocycles. The summed E-state index contributed by atoms with van der Waals surface area (Å²) in [7, 11) is 0. The predicted molar refractivity (Wildman–Crippen MR) is 126 cm³/mol. The topological polar surface area (TPSA) is 65.7 Å². The fourth-order valence-electron chi connectivity index (χ4n) is 3.53. The molecule has 5 heteroatoms. The Morgan fingerprint density at radius 3 is 2.59 bits per heavy atom. The van der Waals surface area contributed by atoms with Crippen LogP contribution in [-0.4, -0.2) is 18.5 Å². The van der Waals surface area contributed by atoms with Gasteiger partial charge in [0, 0.05) is 6.92 Å². The van der Waals surface area contributed by atoms with E-state index in [0.717, 1.165) is 44.9 Å². The molecule has 0 bridgehead atoms. The van der Waals surface area contributed by atoms with Crippen molar-refractivity contribution in [3.05, 3.63) is 70.9 Å². The average molecular weight is 441 g/mol. The number of allylic oxidation sites excluding steroid dienone is 6. The number of esters is 2. The van der Waals surface area contributed by atoms with Crippen LogP contribution in [0.25, 0.3) is 0 Å². The Balaban J connectivity index is 1.64. The van der Waals surface area contributed by atoms with Crippen molar-refractivity contribution in [3.63, 3.8) is 0 Å². The van der Waals surface area contributed by atoms with Gasteiger partial charge in [-0.3, -0.25) is 4.79 Å². The van der Waals surface area contributed by atoms with Gasteiger partial charge >= 0.3 is 11.9 Å². The van der Waals surface area contributed by atoms with Crippen LogP contribution in [0.3, 0.4) is 0 Å². The summed E-state index contributed by atoms with van der Waals surface area (Å²) in [5, 5.41) is 0. The number of hydrogen-bond donors (Lipinski definition) is 0. The number of furan rings is 1. The van der Waals surface area contributed by atoms with Crippen LogP contribution in [0.2, 0.25) is 0 Å². The van der Waals surface area contributed by atoms with Crippen molar-refractivity contribution in [2.45, 2.75) is 72.6 Å². The van der Waals surface area contributed by atoms with Gasteiger partial charge in [0.15, 0.2) is 0 Å². The van der Waals surface area contributed by atoms with Gasteiger partial charge < -0.3 is 13.9 Å². The van der Waals surface area contributed by atoms with E-state index in [4.69, 9.17) is 13.9 Å². The van der Waals surface area contributed by atoms with Gasteiger partial charge in [-0.25, -0.2) is 4.79 Å². The summed E-state index contributed by atoms with van der Waals surface area (Å²) < 4.78 is 15.2. The zero-order valence-electron chi connectivity index (χ0n) is 19.8. The molecule has 1 aromatic rings. The number of carbonyl (C=O) groups is 2. The highest BCUT2D eigenvalue weighted by atomic mass is 16.6. The van der Waals surface area contributed by atoms with Crippen molar-refractivity contribution in [2.24, 2.45) is 5.92 Å². The molecule has 32 heavy (non-hydrogen) atoms. The van der Waals surface area contributed by atoms with Gasteiger partial charge in [0.1, 0.15) is 12.4 Å². The van der Waals surface area contributed by atoms with Crippen LogP contribution in [0.15, 0.2) is 69.8 Å². The van der Waals surface area contributed by atoms with Gasteiger partial charge in [-0.1, -0.05) is 30.2 Å². The van der Waals surface area contributed by atoms with Gasteiger partial charge in [-0.15, -0.1) is 0 Å². The summed E-state index contributed by atoms with van der Waals surface area (Å²) in [5.74, 6) is 0.000995. The first-order chi connectivity index (χ1) is 15.3. The van der Waals surface area contributed by atoms with Crippen molar-refractivity contribution < 1.29 is 23.5 Å². The molecule has 174 valence electrons. The highest BCUT2D eigenvalue weighted by Crippen LogP contribution is 2.22. The molecule has 0 aromatic carbocycles. The summed E-state index contributed by atoms with van der Waals surface area (Å²) in [6.45, 7) is 7.80. The number of ether oxygens (including phenoxy) is 2. The SMILES string of the molecule is CC(=O)OCC1=C/C(=C/C(C)CCC/C(C)=C/CC/C(C)=C/CCc2ccoc2)OC1=O. The summed E-state index contributed by atoms with van der Waals surface area (Å²) in [6.07, 6.45) is 19.3. The molecule has 0 saturated carbocycles. The lowest BCUT2D eigenvalue weighted by atomic mass is 9.99. The van der Waals surface area contributed by atoms with Crippen LogP contribution in [0.5, 0.6) is 0 Å². The molecule has 0 amide bonds. The number of hydrogen-bond acceptors (Lipinski definition) is 5. The highest BCUT2D eigenvalue weighted by molar-refractivity contribution is 5.93. The van der Waals surface area contributed by atoms with Crippen molar-refractivity contribution in [3.8, 4) is 0 Å². The Morgan fingerprint density at radius 1 is 1.12 bits per heavy atom. The molecule has 1 atom stereocenters. The van der Waals surface area contributed by atoms with Gasteiger partial charge in [-0.2, -0.15) is 0 Å². The lowest BCUT2D eigenvalue weighted by Gasteiger charge is -2.08. The van der Waals surface area contributed by atoms with E-state index in [1.165, 1.54) is 23.6 Å². The molecule has 0 N–H and O–H groups in total. The Morgan fingerprint density at radius 2 is 1.88 bits per heavy atom. The lowest BCUT2D eigenvalue weighted by molar-refractivity contribution is -0.141. The first-order valence-electron chi connectivity index (χ1n) is 11.4. The van der Waals surface area contributed by atoms with Crippen LogP contribution in [0.1, 0.15) is 71.8 Å². The summed E-state index contributed by atoms with van der Waals surface area (Å²) in [4.78, 5) is 22.7. The van der Waals surface area contributed by atoms with Crippen molar-refractivity contribution in [1.29, 1.82) is 0 Å². The third kappa shape index (κ3) is 9.99. The highest BCUT2D eigenvalue weighted by Gasteiger charge is 2.22. The van der Waals surface area contributed by atoms with Crippen LogP contribution in [-0.2, 0) is 25.5 Å². The minimum Gasteiger partial charge on any atom is -0.472 e. The fraction of sp³-hybridized carbons (Fsp3) is 0.481. The molecule has 5 nitrogen and oxygen atoms in total. The summed E-state index contributed by atoms with van der Waals surface area (Å²) in [5.41, 5.74) is 4.49. The summed E-state index contributed by atoms with van der Waals surface area (Å²) >= 11 is 0. The fourth-order valence-corrected chi connectivity index (χ4v) is 3.53. The first-order valence-corrected chi connectivity index (χ1v) is 11.4. The zero-order chi connectivity index (χ0) is 23.3.